The molecule has 1 unspecified atom stereocenters. The van der Waals surface area contributed by atoms with Crippen LogP contribution in [0.5, 0.6) is 0 Å². The first-order valence-corrected chi connectivity index (χ1v) is 3.94. The average molecular weight is 170 g/mol. The van der Waals surface area contributed by atoms with Crippen molar-refractivity contribution in [2.45, 2.75) is 19.6 Å². The molecule has 0 bridgehead atoms. The molecule has 0 aliphatic carbocycles. The van der Waals surface area contributed by atoms with Gasteiger partial charge in [0, 0.05) is 13.7 Å². The lowest BCUT2D eigenvalue weighted by molar-refractivity contribution is 0.116. The van der Waals surface area contributed by atoms with E-state index in [4.69, 9.17) is 9.15 Å². The Morgan fingerprint density at radius 1 is 1.75 bits per heavy atom. The van der Waals surface area contributed by atoms with Crippen molar-refractivity contribution in [3.63, 3.8) is 0 Å². The van der Waals surface area contributed by atoms with Gasteiger partial charge in [-0.05, 0) is 6.92 Å². The molecule has 0 radical (unpaired) electrons. The van der Waals surface area contributed by atoms with E-state index in [9.17, 15) is 0 Å². The van der Waals surface area contributed by atoms with Crippen molar-refractivity contribution in [3.05, 3.63) is 18.4 Å². The lowest BCUT2D eigenvalue weighted by atomic mass is 10.4. The standard InChI is InChI=1S/C8H14N2O2/c1-7(11-2)3-9-4-8-5-10-6-12-8/h5-7,9H,3-4H2,1-2H3. The molecule has 0 aliphatic rings. The summed E-state index contributed by atoms with van der Waals surface area (Å²) in [6.07, 6.45) is 3.36. The van der Waals surface area contributed by atoms with Crippen molar-refractivity contribution in [3.8, 4) is 0 Å². The number of ether oxygens (including phenoxy) is 1. The molecular formula is C8H14N2O2. The van der Waals surface area contributed by atoms with E-state index < -0.39 is 0 Å². The highest BCUT2D eigenvalue weighted by atomic mass is 16.5. The van der Waals surface area contributed by atoms with Crippen LogP contribution in [-0.2, 0) is 11.3 Å². The molecule has 4 heteroatoms. The Bertz CT molecular complexity index is 199. The van der Waals surface area contributed by atoms with Crippen LogP contribution >= 0.6 is 0 Å². The SMILES string of the molecule is COC(C)CNCc1cnco1. The Hall–Kier alpha value is -0.870. The average Bonchev–Trinajstić information content (AvgIpc) is 2.57. The summed E-state index contributed by atoms with van der Waals surface area (Å²) in [6, 6.07) is 0. The first kappa shape index (κ1) is 9.22. The van der Waals surface area contributed by atoms with Crippen molar-refractivity contribution in [1.82, 2.24) is 10.3 Å². The fraction of sp³-hybridized carbons (Fsp3) is 0.625. The number of hydrogen-bond donors (Lipinski definition) is 1. The van der Waals surface area contributed by atoms with Crippen molar-refractivity contribution in [1.29, 1.82) is 0 Å². The number of aromatic nitrogens is 1. The number of methoxy groups -OCH3 is 1. The maximum absolute atomic E-state index is 5.06. The van der Waals surface area contributed by atoms with Crippen molar-refractivity contribution >= 4 is 0 Å². The molecular weight excluding hydrogens is 156 g/mol. The first-order chi connectivity index (χ1) is 5.83. The molecule has 4 nitrogen and oxygen atoms in total. The molecule has 1 rings (SSSR count). The van der Waals surface area contributed by atoms with Crippen molar-refractivity contribution in [2.75, 3.05) is 13.7 Å². The van der Waals surface area contributed by atoms with E-state index in [-0.39, 0.29) is 6.10 Å². The van der Waals surface area contributed by atoms with E-state index in [0.29, 0.717) is 6.54 Å². The summed E-state index contributed by atoms with van der Waals surface area (Å²) in [5.41, 5.74) is 0. The fourth-order valence-corrected chi connectivity index (χ4v) is 0.811. The minimum atomic E-state index is 0.230. The molecule has 68 valence electrons. The van der Waals surface area contributed by atoms with Crippen LogP contribution in [0.3, 0.4) is 0 Å². The van der Waals surface area contributed by atoms with Gasteiger partial charge in [-0.25, -0.2) is 4.98 Å². The summed E-state index contributed by atoms with van der Waals surface area (Å²) >= 11 is 0. The summed E-state index contributed by atoms with van der Waals surface area (Å²) in [7, 11) is 1.70. The van der Waals surface area contributed by atoms with E-state index in [2.05, 4.69) is 10.3 Å². The minimum Gasteiger partial charge on any atom is -0.447 e. The van der Waals surface area contributed by atoms with Gasteiger partial charge in [-0.1, -0.05) is 0 Å². The van der Waals surface area contributed by atoms with Gasteiger partial charge in [-0.15, -0.1) is 0 Å². The number of hydrogen-bond acceptors (Lipinski definition) is 4. The Morgan fingerprint density at radius 3 is 3.17 bits per heavy atom. The fourth-order valence-electron chi connectivity index (χ4n) is 0.811. The smallest absolute Gasteiger partial charge is 0.180 e. The van der Waals surface area contributed by atoms with Gasteiger partial charge < -0.3 is 14.5 Å². The summed E-state index contributed by atoms with van der Waals surface area (Å²) in [5.74, 6) is 0.846. The molecule has 0 aliphatic heterocycles. The van der Waals surface area contributed by atoms with Gasteiger partial charge in [0.2, 0.25) is 0 Å². The lowest BCUT2D eigenvalue weighted by Gasteiger charge is -2.08. The van der Waals surface area contributed by atoms with Gasteiger partial charge in [0.1, 0.15) is 5.76 Å². The number of rotatable bonds is 5. The van der Waals surface area contributed by atoms with Crippen LogP contribution in [0, 0.1) is 0 Å². The molecule has 0 fully saturated rings. The molecule has 0 amide bonds. The number of nitrogens with one attached hydrogen (secondary N) is 1. The van der Waals surface area contributed by atoms with Gasteiger partial charge in [-0.3, -0.25) is 0 Å². The highest BCUT2D eigenvalue weighted by molar-refractivity contribution is 4.87. The number of oxazole rings is 1. The minimum absolute atomic E-state index is 0.230. The third-order valence-corrected chi connectivity index (χ3v) is 1.62. The van der Waals surface area contributed by atoms with Crippen LogP contribution in [0.25, 0.3) is 0 Å². The third kappa shape index (κ3) is 3.02. The van der Waals surface area contributed by atoms with Gasteiger partial charge in [-0.2, -0.15) is 0 Å². The predicted octanol–water partition coefficient (Wildman–Crippen LogP) is 0.799. The Kier molecular flexibility index (Phi) is 3.76. The van der Waals surface area contributed by atoms with E-state index in [1.165, 1.54) is 6.39 Å². The van der Waals surface area contributed by atoms with Crippen molar-refractivity contribution in [2.24, 2.45) is 0 Å². The second-order valence-electron chi connectivity index (χ2n) is 2.64. The zero-order valence-corrected chi connectivity index (χ0v) is 7.41. The summed E-state index contributed by atoms with van der Waals surface area (Å²) < 4.78 is 10.1. The third-order valence-electron chi connectivity index (χ3n) is 1.62. The zero-order chi connectivity index (χ0) is 8.81. The van der Waals surface area contributed by atoms with Gasteiger partial charge in [0.05, 0.1) is 18.8 Å². The van der Waals surface area contributed by atoms with Crippen LogP contribution < -0.4 is 5.32 Å². The molecule has 1 atom stereocenters. The number of nitrogens with zero attached hydrogens (tertiary/aromatic N) is 1. The topological polar surface area (TPSA) is 47.3 Å². The van der Waals surface area contributed by atoms with Crippen LogP contribution in [0.4, 0.5) is 0 Å². The van der Waals surface area contributed by atoms with Gasteiger partial charge >= 0.3 is 0 Å². The van der Waals surface area contributed by atoms with E-state index in [0.717, 1.165) is 12.3 Å². The molecule has 0 aromatic carbocycles. The summed E-state index contributed by atoms with van der Waals surface area (Å²) in [5, 5.41) is 3.18. The predicted molar refractivity (Wildman–Crippen MR) is 44.7 cm³/mol. The maximum atomic E-state index is 5.06. The normalized spacial score (nSPS) is 13.2. The van der Waals surface area contributed by atoms with Crippen LogP contribution in [0.15, 0.2) is 17.0 Å². The molecule has 0 spiro atoms. The molecule has 0 saturated heterocycles. The lowest BCUT2D eigenvalue weighted by Crippen LogP contribution is -2.25. The first-order valence-electron chi connectivity index (χ1n) is 3.94. The molecule has 0 saturated carbocycles. The summed E-state index contributed by atoms with van der Waals surface area (Å²) in [6.45, 7) is 3.53. The van der Waals surface area contributed by atoms with Crippen LogP contribution in [-0.4, -0.2) is 24.7 Å². The van der Waals surface area contributed by atoms with Crippen LogP contribution in [0.2, 0.25) is 0 Å². The zero-order valence-electron chi connectivity index (χ0n) is 7.41. The molecule has 1 N–H and O–H groups in total. The quantitative estimate of drug-likeness (QED) is 0.710. The largest absolute Gasteiger partial charge is 0.447 e. The van der Waals surface area contributed by atoms with Crippen molar-refractivity contribution < 1.29 is 9.15 Å². The molecule has 1 aromatic rings. The summed E-state index contributed by atoms with van der Waals surface area (Å²) in [4.78, 5) is 3.80. The second-order valence-corrected chi connectivity index (χ2v) is 2.64. The second kappa shape index (κ2) is 4.90. The molecule has 12 heavy (non-hydrogen) atoms. The van der Waals surface area contributed by atoms with Gasteiger partial charge in [0.15, 0.2) is 6.39 Å². The monoisotopic (exact) mass is 170 g/mol. The Balaban J connectivity index is 2.11. The highest BCUT2D eigenvalue weighted by Gasteiger charge is 1.99. The maximum Gasteiger partial charge on any atom is 0.180 e. The Morgan fingerprint density at radius 2 is 2.58 bits per heavy atom. The van der Waals surface area contributed by atoms with Gasteiger partial charge in [0.25, 0.3) is 0 Å². The van der Waals surface area contributed by atoms with E-state index in [1.54, 1.807) is 13.3 Å². The van der Waals surface area contributed by atoms with E-state index in [1.807, 2.05) is 6.92 Å². The Labute approximate surface area is 71.9 Å². The molecule has 1 heterocycles. The highest BCUT2D eigenvalue weighted by Crippen LogP contribution is 1.95. The molecule has 1 aromatic heterocycles. The van der Waals surface area contributed by atoms with E-state index >= 15 is 0 Å². The van der Waals surface area contributed by atoms with Crippen LogP contribution in [0.1, 0.15) is 12.7 Å².